The molecule has 0 bridgehead atoms. The number of carboxylic acid groups (broad SMARTS) is 2. The number of benzene rings is 2. The number of hydrogen-bond acceptors (Lipinski definition) is 9. The molecule has 2 heterocycles. The molecular formula is C37H43N2O10S2-. The molecule has 0 spiro atoms. The Balaban J connectivity index is 1.57. The van der Waals surface area contributed by atoms with E-state index >= 15 is 0 Å². The minimum Gasteiger partial charge on any atom is -0.748 e. The molecule has 4 rings (SSSR count). The van der Waals surface area contributed by atoms with E-state index in [-0.39, 0.29) is 24.0 Å². The lowest BCUT2D eigenvalue weighted by atomic mass is 9.81. The number of carboxylic acids is 2. The number of hydrogen-bond donors (Lipinski definition) is 2. The Hall–Kier alpha value is -4.37. The Morgan fingerprint density at radius 1 is 0.745 bits per heavy atom. The summed E-state index contributed by atoms with van der Waals surface area (Å²) in [5.74, 6) is -2.99. The smallest absolute Gasteiger partial charge is 0.335 e. The van der Waals surface area contributed by atoms with Gasteiger partial charge in [0.05, 0.1) is 36.8 Å². The third kappa shape index (κ3) is 9.50. The highest BCUT2D eigenvalue weighted by atomic mass is 32.2. The Kier molecular flexibility index (Phi) is 12.0. The van der Waals surface area contributed by atoms with Crippen molar-refractivity contribution in [3.05, 3.63) is 107 Å². The number of nitrogens with zero attached hydrogens (tertiary/aromatic N) is 2. The van der Waals surface area contributed by atoms with Gasteiger partial charge in [-0.05, 0) is 75.1 Å². The van der Waals surface area contributed by atoms with Crippen molar-refractivity contribution in [1.82, 2.24) is 0 Å². The lowest BCUT2D eigenvalue weighted by Gasteiger charge is -2.27. The van der Waals surface area contributed by atoms with Gasteiger partial charge in [-0.25, -0.2) is 26.4 Å². The highest BCUT2D eigenvalue weighted by Gasteiger charge is 2.44. The summed E-state index contributed by atoms with van der Waals surface area (Å²) in [6.45, 7) is 8.82. The van der Waals surface area contributed by atoms with Crippen LogP contribution < -0.4 is 4.90 Å². The van der Waals surface area contributed by atoms with Gasteiger partial charge in [-0.3, -0.25) is 0 Å². The minimum absolute atomic E-state index is 0.161. The van der Waals surface area contributed by atoms with Crippen molar-refractivity contribution in [3.63, 3.8) is 0 Å². The maximum atomic E-state index is 11.7. The largest absolute Gasteiger partial charge is 0.748 e. The molecular weight excluding hydrogens is 697 g/mol. The van der Waals surface area contributed by atoms with Crippen LogP contribution in [0.5, 0.6) is 0 Å². The molecule has 0 aliphatic carbocycles. The third-order valence-electron chi connectivity index (χ3n) is 9.28. The molecule has 12 nitrogen and oxygen atoms in total. The quantitative estimate of drug-likeness (QED) is 0.0960. The normalized spacial score (nSPS) is 17.7. The van der Waals surface area contributed by atoms with Crippen molar-refractivity contribution in [2.75, 3.05) is 29.5 Å². The van der Waals surface area contributed by atoms with Gasteiger partial charge in [0.15, 0.2) is 5.71 Å². The molecule has 0 saturated carbocycles. The standard InChI is InChI=1S/C37H44N2O10S2/c1-36(2)28-24-26(34(40)41)16-18-30(28)38(20-10-12-22-50(44,45)46)32(36)14-8-6-5-7-9-15-33-37(3,4)29-25-27(35(42)43)17-19-31(29)39(33)21-11-13-23-51(47,48)49/h5-9,14-19,24-25H,10-13,20-23H2,1-4H3,(H3-,40,41,42,43,44,45,46,47,48,49)/p-1. The summed E-state index contributed by atoms with van der Waals surface area (Å²) in [4.78, 5) is 25.4. The van der Waals surface area contributed by atoms with E-state index in [1.807, 2.05) is 79.7 Å². The van der Waals surface area contributed by atoms with Gasteiger partial charge in [-0.2, -0.15) is 4.58 Å². The molecule has 0 aromatic heterocycles. The first-order valence-corrected chi connectivity index (χ1v) is 19.7. The van der Waals surface area contributed by atoms with Crippen LogP contribution in [0.1, 0.15) is 85.2 Å². The number of anilines is 1. The molecule has 2 aromatic rings. The van der Waals surface area contributed by atoms with Gasteiger partial charge in [0, 0.05) is 59.0 Å². The molecule has 2 aromatic carbocycles. The lowest BCUT2D eigenvalue weighted by molar-refractivity contribution is -0.438. The van der Waals surface area contributed by atoms with Gasteiger partial charge in [0.1, 0.15) is 6.54 Å². The van der Waals surface area contributed by atoms with Crippen LogP contribution in [-0.4, -0.2) is 83.0 Å². The van der Waals surface area contributed by atoms with E-state index in [0.29, 0.717) is 25.9 Å². The van der Waals surface area contributed by atoms with Gasteiger partial charge >= 0.3 is 11.9 Å². The monoisotopic (exact) mass is 739 g/mol. The average molecular weight is 740 g/mol. The molecule has 2 N–H and O–H groups in total. The number of carbonyl (C=O) groups is 2. The van der Waals surface area contributed by atoms with E-state index in [9.17, 15) is 45.7 Å². The second-order valence-corrected chi connectivity index (χ2v) is 16.7. The van der Waals surface area contributed by atoms with E-state index in [4.69, 9.17) is 0 Å². The topological polar surface area (TPSA) is 195 Å². The summed E-state index contributed by atoms with van der Waals surface area (Å²) >= 11 is 0. The lowest BCUT2D eigenvalue weighted by Crippen LogP contribution is -2.28. The van der Waals surface area contributed by atoms with Gasteiger partial charge < -0.3 is 24.2 Å². The maximum absolute atomic E-state index is 11.7. The predicted molar refractivity (Wildman–Crippen MR) is 193 cm³/mol. The fraction of sp³-hybridized carbons (Fsp3) is 0.378. The Labute approximate surface area is 299 Å². The van der Waals surface area contributed by atoms with Gasteiger partial charge in [0.25, 0.3) is 0 Å². The molecule has 0 amide bonds. The second kappa shape index (κ2) is 15.5. The van der Waals surface area contributed by atoms with Crippen LogP contribution in [-0.2, 0) is 31.1 Å². The third-order valence-corrected chi connectivity index (χ3v) is 10.9. The molecule has 2 aliphatic heterocycles. The molecule has 274 valence electrons. The van der Waals surface area contributed by atoms with Crippen molar-refractivity contribution in [3.8, 4) is 0 Å². The summed E-state index contributed by atoms with van der Waals surface area (Å²) < 4.78 is 68.8. The fourth-order valence-electron chi connectivity index (χ4n) is 6.68. The van der Waals surface area contributed by atoms with E-state index in [1.165, 1.54) is 12.1 Å². The Bertz CT molecular complexity index is 2070. The number of aromatic carboxylic acids is 2. The molecule has 14 heteroatoms. The zero-order valence-corrected chi connectivity index (χ0v) is 30.7. The van der Waals surface area contributed by atoms with Crippen LogP contribution in [0.25, 0.3) is 0 Å². The van der Waals surface area contributed by atoms with E-state index < -0.39 is 54.5 Å². The predicted octanol–water partition coefficient (Wildman–Crippen LogP) is 5.46. The Morgan fingerprint density at radius 3 is 1.90 bits per heavy atom. The molecule has 2 aliphatic rings. The van der Waals surface area contributed by atoms with Crippen molar-refractivity contribution in [1.29, 1.82) is 0 Å². The van der Waals surface area contributed by atoms with Crippen LogP contribution >= 0.6 is 0 Å². The highest BCUT2D eigenvalue weighted by molar-refractivity contribution is 7.85. The van der Waals surface area contributed by atoms with E-state index in [2.05, 4.69) is 0 Å². The van der Waals surface area contributed by atoms with Crippen LogP contribution in [0.2, 0.25) is 0 Å². The van der Waals surface area contributed by atoms with Crippen molar-refractivity contribution >= 4 is 49.3 Å². The van der Waals surface area contributed by atoms with E-state index in [0.717, 1.165) is 33.9 Å². The molecule has 0 radical (unpaired) electrons. The molecule has 0 atom stereocenters. The zero-order chi connectivity index (χ0) is 37.8. The van der Waals surface area contributed by atoms with Crippen LogP contribution in [0, 0.1) is 0 Å². The van der Waals surface area contributed by atoms with Crippen molar-refractivity contribution in [2.45, 2.75) is 64.2 Å². The first-order chi connectivity index (χ1) is 23.7. The van der Waals surface area contributed by atoms with Crippen molar-refractivity contribution in [2.24, 2.45) is 0 Å². The average Bonchev–Trinajstić information content (AvgIpc) is 3.37. The number of allylic oxidation sites excluding steroid dienone is 8. The summed E-state index contributed by atoms with van der Waals surface area (Å²) in [6, 6.07) is 9.87. The first-order valence-electron chi connectivity index (χ1n) is 16.5. The van der Waals surface area contributed by atoms with Gasteiger partial charge in [-0.1, -0.05) is 44.2 Å². The second-order valence-electron chi connectivity index (χ2n) is 13.6. The summed E-state index contributed by atoms with van der Waals surface area (Å²) in [6.07, 6.45) is 14.3. The summed E-state index contributed by atoms with van der Waals surface area (Å²) in [5, 5.41) is 19.2. The molecule has 0 saturated heterocycles. The molecule has 51 heavy (non-hydrogen) atoms. The Morgan fingerprint density at radius 2 is 1.29 bits per heavy atom. The van der Waals surface area contributed by atoms with Crippen LogP contribution in [0.4, 0.5) is 11.4 Å². The number of unbranched alkanes of at least 4 members (excludes halogenated alkanes) is 2. The highest BCUT2D eigenvalue weighted by Crippen LogP contribution is 2.48. The fourth-order valence-corrected chi connectivity index (χ4v) is 7.80. The first kappa shape index (κ1) is 39.4. The minimum atomic E-state index is -4.33. The molecule has 0 unspecified atom stereocenters. The SMILES string of the molecule is CC1(C)C(/C=C/C=C/C=C/C=C2/N(CCCCS(=O)(=O)[O-])c3ccc(C(=O)O)cc3C2(C)C)=[N+](CCCCS(=O)(=O)[O-])c2ccc(C(=O)O)cc21. The number of fused-ring (bicyclic) bond motifs is 2. The van der Waals surface area contributed by atoms with E-state index in [1.54, 1.807) is 24.3 Å². The number of rotatable bonds is 16. The maximum Gasteiger partial charge on any atom is 0.335 e. The summed E-state index contributed by atoms with van der Waals surface area (Å²) in [7, 11) is -8.66. The zero-order valence-electron chi connectivity index (χ0n) is 29.0. The van der Waals surface area contributed by atoms with Gasteiger partial charge in [0.2, 0.25) is 5.69 Å². The summed E-state index contributed by atoms with van der Waals surface area (Å²) in [5.41, 5.74) is 4.23. The van der Waals surface area contributed by atoms with Gasteiger partial charge in [-0.15, -0.1) is 0 Å². The van der Waals surface area contributed by atoms with Crippen molar-refractivity contribution < 1.29 is 50.3 Å². The van der Waals surface area contributed by atoms with Crippen LogP contribution in [0.3, 0.4) is 0 Å². The molecule has 0 fully saturated rings. The van der Waals surface area contributed by atoms with Crippen LogP contribution in [0.15, 0.2) is 84.6 Å².